The molecule has 0 radical (unpaired) electrons. The Labute approximate surface area is 160 Å². The molecule has 2 atom stereocenters. The number of carbonyl (C=O) groups excluding carboxylic acids is 2. The number of nitrogens with one attached hydrogen (secondary N) is 2. The summed E-state index contributed by atoms with van der Waals surface area (Å²) < 4.78 is 5.69. The first-order valence-corrected chi connectivity index (χ1v) is 9.34. The van der Waals surface area contributed by atoms with Crippen molar-refractivity contribution in [1.29, 1.82) is 0 Å². The lowest BCUT2D eigenvalue weighted by molar-refractivity contribution is -0.141. The van der Waals surface area contributed by atoms with Crippen molar-refractivity contribution >= 4 is 35.2 Å². The van der Waals surface area contributed by atoms with Gasteiger partial charge in [-0.3, -0.25) is 9.59 Å². The molecule has 3 rings (SSSR count). The van der Waals surface area contributed by atoms with E-state index in [2.05, 4.69) is 10.6 Å². The van der Waals surface area contributed by atoms with Crippen LogP contribution in [0.1, 0.15) is 6.42 Å². The molecule has 8 heteroatoms. The van der Waals surface area contributed by atoms with Crippen molar-refractivity contribution < 1.29 is 24.2 Å². The molecular weight excluding hydrogens is 368 g/mol. The maximum absolute atomic E-state index is 12.2. The lowest BCUT2D eigenvalue weighted by Crippen LogP contribution is -2.51. The fraction of sp³-hybridized carbons (Fsp3) is 0.211. The van der Waals surface area contributed by atoms with Crippen LogP contribution in [0.2, 0.25) is 0 Å². The van der Waals surface area contributed by atoms with Crippen molar-refractivity contribution in [2.75, 3.05) is 11.1 Å². The van der Waals surface area contributed by atoms with Gasteiger partial charge < -0.3 is 20.5 Å². The lowest BCUT2D eigenvalue weighted by Gasteiger charge is -2.25. The second-order valence-corrected chi connectivity index (χ2v) is 7.15. The van der Waals surface area contributed by atoms with Gasteiger partial charge >= 0.3 is 5.97 Å². The van der Waals surface area contributed by atoms with Crippen LogP contribution in [0.25, 0.3) is 0 Å². The second-order valence-electron chi connectivity index (χ2n) is 5.91. The van der Waals surface area contributed by atoms with Gasteiger partial charge in [0.2, 0.25) is 11.8 Å². The van der Waals surface area contributed by atoms with Gasteiger partial charge in [-0.05, 0) is 36.4 Å². The topological polar surface area (TPSA) is 105 Å². The Kier molecular flexibility index (Phi) is 5.97. The Balaban J connectivity index is 1.51. The van der Waals surface area contributed by atoms with E-state index in [0.717, 1.165) is 0 Å². The molecule has 2 unspecified atom stereocenters. The van der Waals surface area contributed by atoms with Crippen LogP contribution in [0, 0.1) is 0 Å². The van der Waals surface area contributed by atoms with E-state index in [4.69, 9.17) is 9.84 Å². The zero-order valence-corrected chi connectivity index (χ0v) is 15.1. The summed E-state index contributed by atoms with van der Waals surface area (Å²) in [5.74, 6) is -0.217. The molecule has 140 valence electrons. The first-order chi connectivity index (χ1) is 13.0. The molecule has 0 bridgehead atoms. The Morgan fingerprint density at radius 1 is 1.11 bits per heavy atom. The van der Waals surface area contributed by atoms with Crippen LogP contribution >= 0.6 is 11.8 Å². The zero-order valence-electron chi connectivity index (χ0n) is 14.3. The molecular formula is C19H18N2O5S. The van der Waals surface area contributed by atoms with Crippen LogP contribution < -0.4 is 15.4 Å². The van der Waals surface area contributed by atoms with Gasteiger partial charge in [-0.2, -0.15) is 0 Å². The summed E-state index contributed by atoms with van der Waals surface area (Å²) in [6.07, 6.45) is -0.0227. The summed E-state index contributed by atoms with van der Waals surface area (Å²) in [6, 6.07) is 15.3. The minimum Gasteiger partial charge on any atom is -0.480 e. The standard InChI is InChI=1S/C19H18N2O5S/c22-17(10-16-18(23)21-15(11-27-16)19(24)25)20-12-6-8-14(9-7-12)26-13-4-2-1-3-5-13/h1-9,15-16H,10-11H2,(H,20,22)(H,21,23)(H,24,25). The number of aliphatic carboxylic acids is 1. The third kappa shape index (κ3) is 5.24. The molecule has 0 aromatic heterocycles. The number of benzene rings is 2. The molecule has 1 fully saturated rings. The van der Waals surface area contributed by atoms with Crippen LogP contribution in [-0.2, 0) is 14.4 Å². The molecule has 7 nitrogen and oxygen atoms in total. The van der Waals surface area contributed by atoms with Crippen LogP contribution in [0.15, 0.2) is 54.6 Å². The highest BCUT2D eigenvalue weighted by molar-refractivity contribution is 8.00. The lowest BCUT2D eigenvalue weighted by atomic mass is 10.2. The number of carbonyl (C=O) groups is 3. The van der Waals surface area contributed by atoms with Gasteiger partial charge in [0.1, 0.15) is 17.5 Å². The fourth-order valence-corrected chi connectivity index (χ4v) is 3.63. The maximum atomic E-state index is 12.2. The van der Waals surface area contributed by atoms with E-state index in [1.807, 2.05) is 30.3 Å². The van der Waals surface area contributed by atoms with E-state index >= 15 is 0 Å². The predicted octanol–water partition coefficient (Wildman–Crippen LogP) is 2.49. The number of carboxylic acids is 1. The average Bonchev–Trinajstić information content (AvgIpc) is 2.65. The first kappa shape index (κ1) is 18.8. The molecule has 2 aromatic carbocycles. The Morgan fingerprint density at radius 2 is 1.78 bits per heavy atom. The highest BCUT2D eigenvalue weighted by Crippen LogP contribution is 2.24. The minimum absolute atomic E-state index is 0.0227. The van der Waals surface area contributed by atoms with E-state index in [1.54, 1.807) is 24.3 Å². The van der Waals surface area contributed by atoms with Gasteiger partial charge in [0.15, 0.2) is 0 Å². The third-order valence-corrected chi connectivity index (χ3v) is 5.17. The molecule has 0 aliphatic carbocycles. The van der Waals surface area contributed by atoms with E-state index in [9.17, 15) is 14.4 Å². The number of carboxylic acid groups (broad SMARTS) is 1. The first-order valence-electron chi connectivity index (χ1n) is 8.29. The van der Waals surface area contributed by atoms with Crippen LogP contribution in [-0.4, -0.2) is 39.9 Å². The quantitative estimate of drug-likeness (QED) is 0.705. The van der Waals surface area contributed by atoms with Gasteiger partial charge in [0.05, 0.1) is 5.25 Å². The summed E-state index contributed by atoms with van der Waals surface area (Å²) in [4.78, 5) is 35.0. The van der Waals surface area contributed by atoms with E-state index in [0.29, 0.717) is 17.2 Å². The Bertz CT molecular complexity index is 826. The van der Waals surface area contributed by atoms with Crippen LogP contribution in [0.3, 0.4) is 0 Å². The predicted molar refractivity (Wildman–Crippen MR) is 102 cm³/mol. The molecule has 2 amide bonds. The van der Waals surface area contributed by atoms with Gasteiger partial charge in [-0.25, -0.2) is 4.79 Å². The number of anilines is 1. The summed E-state index contributed by atoms with van der Waals surface area (Å²) >= 11 is 1.18. The summed E-state index contributed by atoms with van der Waals surface area (Å²) in [5.41, 5.74) is 0.588. The molecule has 0 saturated carbocycles. The third-order valence-electron chi connectivity index (χ3n) is 3.86. The molecule has 3 N–H and O–H groups in total. The van der Waals surface area contributed by atoms with Crippen molar-refractivity contribution in [2.45, 2.75) is 17.7 Å². The normalized spacial score (nSPS) is 19.0. The van der Waals surface area contributed by atoms with Gasteiger partial charge in [-0.15, -0.1) is 11.8 Å². The van der Waals surface area contributed by atoms with E-state index in [1.165, 1.54) is 11.8 Å². The van der Waals surface area contributed by atoms with Crippen molar-refractivity contribution in [3.05, 3.63) is 54.6 Å². The highest BCUT2D eigenvalue weighted by atomic mass is 32.2. The summed E-state index contributed by atoms with van der Waals surface area (Å²) in [6.45, 7) is 0. The molecule has 1 saturated heterocycles. The smallest absolute Gasteiger partial charge is 0.327 e. The summed E-state index contributed by atoms with van der Waals surface area (Å²) in [5, 5.41) is 13.5. The largest absolute Gasteiger partial charge is 0.480 e. The van der Waals surface area contributed by atoms with E-state index < -0.39 is 23.2 Å². The minimum atomic E-state index is -1.07. The number of hydrogen-bond acceptors (Lipinski definition) is 5. The molecule has 2 aromatic rings. The number of rotatable bonds is 6. The molecule has 27 heavy (non-hydrogen) atoms. The van der Waals surface area contributed by atoms with Crippen LogP contribution in [0.4, 0.5) is 5.69 Å². The highest BCUT2D eigenvalue weighted by Gasteiger charge is 2.33. The Morgan fingerprint density at radius 3 is 2.41 bits per heavy atom. The number of ether oxygens (including phenoxy) is 1. The average molecular weight is 386 g/mol. The zero-order chi connectivity index (χ0) is 19.2. The van der Waals surface area contributed by atoms with Gasteiger partial charge in [0.25, 0.3) is 0 Å². The molecule has 0 spiro atoms. The van der Waals surface area contributed by atoms with Crippen LogP contribution in [0.5, 0.6) is 11.5 Å². The monoisotopic (exact) mass is 386 g/mol. The van der Waals surface area contributed by atoms with Crippen molar-refractivity contribution in [3.8, 4) is 11.5 Å². The van der Waals surface area contributed by atoms with Gasteiger partial charge in [0, 0.05) is 17.9 Å². The Hall–Kier alpha value is -3.00. The number of hydrogen-bond donors (Lipinski definition) is 3. The number of thioether (sulfide) groups is 1. The number of amides is 2. The molecule has 1 heterocycles. The molecule has 1 aliphatic heterocycles. The maximum Gasteiger partial charge on any atom is 0.327 e. The van der Waals surface area contributed by atoms with E-state index in [-0.39, 0.29) is 18.1 Å². The van der Waals surface area contributed by atoms with Crippen molar-refractivity contribution in [3.63, 3.8) is 0 Å². The SMILES string of the molecule is O=C(CC1SCC(C(=O)O)NC1=O)Nc1ccc(Oc2ccccc2)cc1. The van der Waals surface area contributed by atoms with Gasteiger partial charge in [-0.1, -0.05) is 18.2 Å². The molecule has 1 aliphatic rings. The fourth-order valence-electron chi connectivity index (χ4n) is 2.49. The number of para-hydroxylation sites is 1. The van der Waals surface area contributed by atoms with Crippen molar-refractivity contribution in [1.82, 2.24) is 5.32 Å². The summed E-state index contributed by atoms with van der Waals surface area (Å²) in [7, 11) is 0. The second kappa shape index (κ2) is 8.59. The van der Waals surface area contributed by atoms with Crippen molar-refractivity contribution in [2.24, 2.45) is 0 Å².